The average molecular weight is 494 g/mol. The van der Waals surface area contributed by atoms with Crippen molar-refractivity contribution in [2.75, 3.05) is 12.4 Å². The third-order valence-electron chi connectivity index (χ3n) is 3.56. The number of rotatable bonds is 5. The third kappa shape index (κ3) is 3.85. The van der Waals surface area contributed by atoms with E-state index in [1.807, 2.05) is 18.2 Å². The Morgan fingerprint density at radius 1 is 1.19 bits per heavy atom. The summed E-state index contributed by atoms with van der Waals surface area (Å²) in [7, 11) is 1.59. The number of nitrogens with one attached hydrogen (secondary N) is 1. The lowest BCUT2D eigenvalue weighted by Crippen LogP contribution is -2.11. The van der Waals surface area contributed by atoms with E-state index in [0.29, 0.717) is 22.5 Å². The van der Waals surface area contributed by atoms with E-state index in [0.717, 1.165) is 26.6 Å². The molecule has 1 N–H and O–H groups in total. The Hall–Kier alpha value is -2.73. The number of methoxy groups -OCH3 is 1. The molecular formula is C17H11IN4O4S. The van der Waals surface area contributed by atoms with Gasteiger partial charge in [-0.25, -0.2) is 0 Å². The number of hydrogen-bond acceptors (Lipinski definition) is 8. The van der Waals surface area contributed by atoms with Crippen LogP contribution in [0.3, 0.4) is 0 Å². The molecule has 0 bridgehead atoms. The number of halogens is 1. The molecule has 0 aliphatic rings. The fraction of sp³-hybridized carbons (Fsp3) is 0.0588. The second-order valence-corrected chi connectivity index (χ2v) is 7.10. The maximum absolute atomic E-state index is 12.4. The SMILES string of the molecule is COc1ccc(-c2cc(C(=O)Nc3nc(-c4ccc(I)o4)ns3)no2)cc1. The Balaban J connectivity index is 1.47. The van der Waals surface area contributed by atoms with Gasteiger partial charge in [-0.2, -0.15) is 9.36 Å². The Morgan fingerprint density at radius 2 is 2.00 bits per heavy atom. The van der Waals surface area contributed by atoms with Crippen molar-refractivity contribution in [1.82, 2.24) is 14.5 Å². The van der Waals surface area contributed by atoms with Gasteiger partial charge in [0.25, 0.3) is 5.91 Å². The zero-order chi connectivity index (χ0) is 18.8. The summed E-state index contributed by atoms with van der Waals surface area (Å²) in [6, 6.07) is 12.4. The van der Waals surface area contributed by atoms with Gasteiger partial charge in [-0.1, -0.05) is 5.16 Å². The van der Waals surface area contributed by atoms with Gasteiger partial charge in [0.05, 0.1) is 7.11 Å². The summed E-state index contributed by atoms with van der Waals surface area (Å²) in [4.78, 5) is 16.6. The molecule has 4 rings (SSSR count). The second-order valence-electron chi connectivity index (χ2n) is 5.29. The van der Waals surface area contributed by atoms with Crippen molar-refractivity contribution in [2.45, 2.75) is 0 Å². The van der Waals surface area contributed by atoms with Crippen molar-refractivity contribution in [2.24, 2.45) is 0 Å². The Bertz CT molecular complexity index is 1090. The summed E-state index contributed by atoms with van der Waals surface area (Å²) in [5.74, 6) is 1.73. The van der Waals surface area contributed by atoms with E-state index < -0.39 is 5.91 Å². The zero-order valence-corrected chi connectivity index (χ0v) is 16.8. The number of carbonyl (C=O) groups excluding carboxylic acids is 1. The fourth-order valence-electron chi connectivity index (χ4n) is 2.24. The van der Waals surface area contributed by atoms with E-state index in [9.17, 15) is 4.79 Å². The normalized spacial score (nSPS) is 10.7. The Labute approximate surface area is 170 Å². The van der Waals surface area contributed by atoms with Gasteiger partial charge in [-0.05, 0) is 59.0 Å². The minimum Gasteiger partial charge on any atom is -0.497 e. The molecule has 0 unspecified atom stereocenters. The molecule has 0 atom stereocenters. The molecule has 136 valence electrons. The van der Waals surface area contributed by atoms with Crippen LogP contribution in [0.1, 0.15) is 10.5 Å². The van der Waals surface area contributed by atoms with Crippen LogP contribution in [-0.4, -0.2) is 27.5 Å². The molecule has 0 aliphatic heterocycles. The molecule has 10 heteroatoms. The van der Waals surface area contributed by atoms with Gasteiger partial charge < -0.3 is 13.7 Å². The summed E-state index contributed by atoms with van der Waals surface area (Å²) in [5, 5.41) is 6.82. The molecule has 0 aliphatic carbocycles. The van der Waals surface area contributed by atoms with Crippen LogP contribution in [0.15, 0.2) is 51.4 Å². The van der Waals surface area contributed by atoms with Crippen molar-refractivity contribution in [3.63, 3.8) is 0 Å². The van der Waals surface area contributed by atoms with E-state index in [1.54, 1.807) is 31.4 Å². The van der Waals surface area contributed by atoms with Crippen LogP contribution < -0.4 is 10.1 Å². The average Bonchev–Trinajstić information content (AvgIpc) is 3.42. The highest BCUT2D eigenvalue weighted by Crippen LogP contribution is 2.25. The van der Waals surface area contributed by atoms with Crippen molar-refractivity contribution < 1.29 is 18.5 Å². The fourth-order valence-corrected chi connectivity index (χ4v) is 3.23. The van der Waals surface area contributed by atoms with Crippen molar-refractivity contribution in [3.8, 4) is 28.7 Å². The minimum atomic E-state index is -0.435. The molecule has 1 amide bonds. The first-order valence-corrected chi connectivity index (χ1v) is 9.49. The first-order chi connectivity index (χ1) is 13.1. The summed E-state index contributed by atoms with van der Waals surface area (Å²) < 4.78 is 20.8. The summed E-state index contributed by atoms with van der Waals surface area (Å²) in [6.45, 7) is 0. The van der Waals surface area contributed by atoms with E-state index in [4.69, 9.17) is 13.7 Å². The Kier molecular flexibility index (Phi) is 4.90. The lowest BCUT2D eigenvalue weighted by molar-refractivity contribution is 0.101. The highest BCUT2D eigenvalue weighted by Gasteiger charge is 2.17. The van der Waals surface area contributed by atoms with Crippen LogP contribution in [0, 0.1) is 3.77 Å². The van der Waals surface area contributed by atoms with E-state index in [-0.39, 0.29) is 5.69 Å². The van der Waals surface area contributed by atoms with Crippen molar-refractivity contribution >= 4 is 45.2 Å². The molecule has 1 aromatic carbocycles. The molecule has 0 saturated carbocycles. The standard InChI is InChI=1S/C17H11IN4O4S/c1-24-10-4-2-9(3-5-10)13-8-11(21-26-13)16(23)20-17-19-15(22-27-17)12-6-7-14(18)25-12/h2-8H,1H3,(H,19,20,22,23). The molecule has 4 aromatic rings. The topological polar surface area (TPSA) is 103 Å². The molecule has 0 fully saturated rings. The van der Waals surface area contributed by atoms with Crippen LogP contribution in [0.25, 0.3) is 22.9 Å². The van der Waals surface area contributed by atoms with Gasteiger partial charge in [0.15, 0.2) is 21.0 Å². The molecular weight excluding hydrogens is 483 g/mol. The van der Waals surface area contributed by atoms with Gasteiger partial charge >= 0.3 is 0 Å². The lowest BCUT2D eigenvalue weighted by atomic mass is 10.1. The summed E-state index contributed by atoms with van der Waals surface area (Å²) in [5.41, 5.74) is 0.929. The van der Waals surface area contributed by atoms with E-state index in [2.05, 4.69) is 42.4 Å². The first-order valence-electron chi connectivity index (χ1n) is 7.64. The van der Waals surface area contributed by atoms with Gasteiger partial charge in [0, 0.05) is 23.2 Å². The maximum atomic E-state index is 12.4. The monoisotopic (exact) mass is 494 g/mol. The van der Waals surface area contributed by atoms with Crippen LogP contribution in [0.2, 0.25) is 0 Å². The number of carbonyl (C=O) groups is 1. The lowest BCUT2D eigenvalue weighted by Gasteiger charge is -1.99. The highest BCUT2D eigenvalue weighted by molar-refractivity contribution is 14.1. The van der Waals surface area contributed by atoms with Gasteiger partial charge in [-0.15, -0.1) is 0 Å². The van der Waals surface area contributed by atoms with E-state index in [1.165, 1.54) is 0 Å². The van der Waals surface area contributed by atoms with Gasteiger partial charge in [-0.3, -0.25) is 10.1 Å². The predicted octanol–water partition coefficient (Wildman–Crippen LogP) is 4.32. The van der Waals surface area contributed by atoms with E-state index >= 15 is 0 Å². The number of amides is 1. The molecule has 8 nitrogen and oxygen atoms in total. The van der Waals surface area contributed by atoms with Crippen LogP contribution in [0.4, 0.5) is 5.13 Å². The molecule has 3 aromatic heterocycles. The number of benzene rings is 1. The second kappa shape index (κ2) is 7.48. The molecule has 0 spiro atoms. The smallest absolute Gasteiger partial charge is 0.279 e. The number of aromatic nitrogens is 3. The minimum absolute atomic E-state index is 0.144. The maximum Gasteiger partial charge on any atom is 0.279 e. The van der Waals surface area contributed by atoms with Gasteiger partial charge in [0.2, 0.25) is 11.0 Å². The number of furan rings is 1. The van der Waals surface area contributed by atoms with Crippen molar-refractivity contribution in [3.05, 3.63) is 51.9 Å². The quantitative estimate of drug-likeness (QED) is 0.413. The summed E-state index contributed by atoms with van der Waals surface area (Å²) in [6.07, 6.45) is 0. The predicted molar refractivity (Wildman–Crippen MR) is 107 cm³/mol. The van der Waals surface area contributed by atoms with Crippen LogP contribution in [0.5, 0.6) is 5.75 Å². The largest absolute Gasteiger partial charge is 0.497 e. The van der Waals surface area contributed by atoms with Crippen LogP contribution >= 0.6 is 34.1 Å². The third-order valence-corrected chi connectivity index (χ3v) is 4.77. The molecule has 3 heterocycles. The molecule has 0 radical (unpaired) electrons. The Morgan fingerprint density at radius 3 is 2.70 bits per heavy atom. The summed E-state index contributed by atoms with van der Waals surface area (Å²) >= 11 is 3.11. The molecule has 0 saturated heterocycles. The zero-order valence-electron chi connectivity index (χ0n) is 13.8. The first kappa shape index (κ1) is 17.7. The highest BCUT2D eigenvalue weighted by atomic mass is 127. The van der Waals surface area contributed by atoms with Crippen molar-refractivity contribution in [1.29, 1.82) is 0 Å². The number of anilines is 1. The molecule has 27 heavy (non-hydrogen) atoms. The van der Waals surface area contributed by atoms with Gasteiger partial charge in [0.1, 0.15) is 5.75 Å². The number of hydrogen-bond donors (Lipinski definition) is 1. The number of nitrogens with zero attached hydrogens (tertiary/aromatic N) is 3. The van der Waals surface area contributed by atoms with Crippen LogP contribution in [-0.2, 0) is 0 Å². The number of ether oxygens (including phenoxy) is 1.